The fourth-order valence-corrected chi connectivity index (χ4v) is 3.75. The van der Waals surface area contributed by atoms with Crippen molar-refractivity contribution in [2.75, 3.05) is 36.5 Å². The summed E-state index contributed by atoms with van der Waals surface area (Å²) in [5.41, 5.74) is 4.30. The average Bonchev–Trinajstić information content (AvgIpc) is 3.53. The highest BCUT2D eigenvalue weighted by Crippen LogP contribution is 2.40. The monoisotopic (exact) mass is 388 g/mol. The Morgan fingerprint density at radius 1 is 1.00 bits per heavy atom. The summed E-state index contributed by atoms with van der Waals surface area (Å²) in [4.78, 5) is 15.5. The van der Waals surface area contributed by atoms with E-state index in [-0.39, 0.29) is 5.91 Å². The summed E-state index contributed by atoms with van der Waals surface area (Å²) in [5.74, 6) is 0.334. The molecule has 1 aliphatic heterocycles. The third-order valence-electron chi connectivity index (χ3n) is 5.46. The van der Waals surface area contributed by atoms with Crippen LogP contribution >= 0.6 is 0 Å². The summed E-state index contributed by atoms with van der Waals surface area (Å²) < 4.78 is 7.23. The molecular formula is C23H24N4O2. The van der Waals surface area contributed by atoms with E-state index in [1.165, 1.54) is 0 Å². The maximum absolute atomic E-state index is 13.3. The molecule has 1 saturated heterocycles. The quantitative estimate of drug-likeness (QED) is 0.722. The van der Waals surface area contributed by atoms with Crippen LogP contribution in [0.25, 0.3) is 5.69 Å². The summed E-state index contributed by atoms with van der Waals surface area (Å²) in [5, 5.41) is 7.87. The number of aromatic nitrogens is 2. The molecule has 1 aliphatic carbocycles. The van der Waals surface area contributed by atoms with Crippen LogP contribution in [0.15, 0.2) is 60.7 Å². The first-order valence-electron chi connectivity index (χ1n) is 10.2. The Bertz CT molecular complexity index is 1000. The van der Waals surface area contributed by atoms with Crippen LogP contribution in [0, 0.1) is 0 Å². The topological polar surface area (TPSA) is 59.4 Å². The van der Waals surface area contributed by atoms with E-state index in [4.69, 9.17) is 9.84 Å². The number of para-hydroxylation sites is 3. The third-order valence-corrected chi connectivity index (χ3v) is 5.46. The highest BCUT2D eigenvalue weighted by atomic mass is 16.5. The molecule has 0 atom stereocenters. The maximum atomic E-state index is 13.3. The van der Waals surface area contributed by atoms with Gasteiger partial charge in [-0.15, -0.1) is 0 Å². The van der Waals surface area contributed by atoms with Crippen molar-refractivity contribution in [1.29, 1.82) is 0 Å². The number of hydrogen-bond acceptors (Lipinski definition) is 4. The number of amides is 1. The second kappa shape index (κ2) is 7.72. The molecule has 1 aromatic heterocycles. The van der Waals surface area contributed by atoms with Crippen molar-refractivity contribution in [3.8, 4) is 5.69 Å². The zero-order valence-electron chi connectivity index (χ0n) is 16.3. The lowest BCUT2D eigenvalue weighted by atomic mass is 10.2. The van der Waals surface area contributed by atoms with Crippen molar-refractivity contribution in [3.05, 3.63) is 72.1 Å². The summed E-state index contributed by atoms with van der Waals surface area (Å²) >= 11 is 0. The van der Waals surface area contributed by atoms with Gasteiger partial charge in [-0.2, -0.15) is 5.10 Å². The lowest BCUT2D eigenvalue weighted by Crippen LogP contribution is -2.36. The van der Waals surface area contributed by atoms with Crippen molar-refractivity contribution >= 4 is 17.3 Å². The van der Waals surface area contributed by atoms with Gasteiger partial charge in [-0.1, -0.05) is 30.3 Å². The van der Waals surface area contributed by atoms with E-state index in [1.807, 2.05) is 60.7 Å². The van der Waals surface area contributed by atoms with E-state index >= 15 is 0 Å². The molecule has 2 aromatic carbocycles. The maximum Gasteiger partial charge on any atom is 0.274 e. The molecule has 6 nitrogen and oxygen atoms in total. The Morgan fingerprint density at radius 2 is 1.72 bits per heavy atom. The van der Waals surface area contributed by atoms with Crippen molar-refractivity contribution in [1.82, 2.24) is 9.78 Å². The highest BCUT2D eigenvalue weighted by molar-refractivity contribution is 6.05. The minimum absolute atomic E-state index is 0.144. The van der Waals surface area contributed by atoms with Gasteiger partial charge in [0.1, 0.15) is 5.69 Å². The Kier molecular flexibility index (Phi) is 4.77. The van der Waals surface area contributed by atoms with Gasteiger partial charge in [0.2, 0.25) is 0 Å². The van der Waals surface area contributed by atoms with Gasteiger partial charge in [0.15, 0.2) is 0 Å². The SMILES string of the molecule is O=C(Nc1ccccc1N1CCOCC1)c1cc(C2CC2)nn1-c1ccccc1. The number of nitrogens with one attached hydrogen (secondary N) is 1. The molecule has 0 radical (unpaired) electrons. The van der Waals surface area contributed by atoms with Gasteiger partial charge in [-0.3, -0.25) is 4.79 Å². The second-order valence-corrected chi connectivity index (χ2v) is 7.55. The first kappa shape index (κ1) is 17.9. The molecular weight excluding hydrogens is 364 g/mol. The number of carbonyl (C=O) groups is 1. The Hall–Kier alpha value is -3.12. The van der Waals surface area contributed by atoms with E-state index in [2.05, 4.69) is 10.2 Å². The van der Waals surface area contributed by atoms with Gasteiger partial charge >= 0.3 is 0 Å². The molecule has 1 saturated carbocycles. The molecule has 6 heteroatoms. The van der Waals surface area contributed by atoms with E-state index in [1.54, 1.807) is 4.68 Å². The van der Waals surface area contributed by atoms with Crippen molar-refractivity contribution in [2.45, 2.75) is 18.8 Å². The fraction of sp³-hybridized carbons (Fsp3) is 0.304. The highest BCUT2D eigenvalue weighted by Gasteiger charge is 2.29. The van der Waals surface area contributed by atoms with Crippen LogP contribution in [0.1, 0.15) is 34.9 Å². The fourth-order valence-electron chi connectivity index (χ4n) is 3.75. The normalized spacial score (nSPS) is 16.6. The molecule has 2 heterocycles. The number of benzene rings is 2. The molecule has 3 aromatic rings. The zero-order chi connectivity index (χ0) is 19.6. The van der Waals surface area contributed by atoms with Gasteiger partial charge in [0.25, 0.3) is 5.91 Å². The van der Waals surface area contributed by atoms with Crippen LogP contribution in [0.2, 0.25) is 0 Å². The number of carbonyl (C=O) groups excluding carboxylic acids is 1. The number of rotatable bonds is 5. The Morgan fingerprint density at radius 3 is 2.48 bits per heavy atom. The first-order chi connectivity index (χ1) is 14.3. The van der Waals surface area contributed by atoms with Crippen LogP contribution in [0.5, 0.6) is 0 Å². The molecule has 29 heavy (non-hydrogen) atoms. The van der Waals surface area contributed by atoms with Crippen LogP contribution in [0.3, 0.4) is 0 Å². The second-order valence-electron chi connectivity index (χ2n) is 7.55. The van der Waals surface area contributed by atoms with Gasteiger partial charge in [0.05, 0.1) is 36.0 Å². The van der Waals surface area contributed by atoms with Crippen molar-refractivity contribution < 1.29 is 9.53 Å². The van der Waals surface area contributed by atoms with Gasteiger partial charge < -0.3 is 15.0 Å². The van der Waals surface area contributed by atoms with Gasteiger partial charge in [-0.25, -0.2) is 4.68 Å². The number of nitrogens with zero attached hydrogens (tertiary/aromatic N) is 3. The summed E-state index contributed by atoms with van der Waals surface area (Å²) in [7, 11) is 0. The largest absolute Gasteiger partial charge is 0.378 e. The number of hydrogen-bond donors (Lipinski definition) is 1. The van der Waals surface area contributed by atoms with Crippen LogP contribution in [-0.2, 0) is 4.74 Å². The number of morpholine rings is 1. The predicted octanol–water partition coefficient (Wildman–Crippen LogP) is 3.84. The molecule has 0 bridgehead atoms. The zero-order valence-corrected chi connectivity index (χ0v) is 16.3. The predicted molar refractivity (Wildman–Crippen MR) is 113 cm³/mol. The molecule has 1 amide bonds. The molecule has 0 spiro atoms. The van der Waals surface area contributed by atoms with E-state index in [0.717, 1.165) is 48.7 Å². The van der Waals surface area contributed by atoms with Crippen molar-refractivity contribution in [3.63, 3.8) is 0 Å². The van der Waals surface area contributed by atoms with E-state index in [9.17, 15) is 4.79 Å². The minimum Gasteiger partial charge on any atom is -0.378 e. The molecule has 1 N–H and O–H groups in total. The minimum atomic E-state index is -0.144. The lowest BCUT2D eigenvalue weighted by Gasteiger charge is -2.30. The Labute approximate surface area is 170 Å². The lowest BCUT2D eigenvalue weighted by molar-refractivity contribution is 0.101. The van der Waals surface area contributed by atoms with Gasteiger partial charge in [-0.05, 0) is 43.2 Å². The average molecular weight is 388 g/mol. The molecule has 0 unspecified atom stereocenters. The summed E-state index contributed by atoms with van der Waals surface area (Å²) in [6, 6.07) is 19.7. The van der Waals surface area contributed by atoms with Crippen LogP contribution < -0.4 is 10.2 Å². The van der Waals surface area contributed by atoms with Gasteiger partial charge in [0, 0.05) is 19.0 Å². The summed E-state index contributed by atoms with van der Waals surface area (Å²) in [6.45, 7) is 3.04. The summed E-state index contributed by atoms with van der Waals surface area (Å²) in [6.07, 6.45) is 2.29. The third kappa shape index (κ3) is 3.76. The molecule has 2 aliphatic rings. The first-order valence-corrected chi connectivity index (χ1v) is 10.2. The Balaban J connectivity index is 1.46. The smallest absolute Gasteiger partial charge is 0.274 e. The van der Waals surface area contributed by atoms with E-state index < -0.39 is 0 Å². The molecule has 148 valence electrons. The van der Waals surface area contributed by atoms with E-state index in [0.29, 0.717) is 24.8 Å². The standard InChI is InChI=1S/C23H24N4O2/c28-23(24-19-8-4-5-9-21(19)26-12-14-29-15-13-26)22-16-20(17-10-11-17)25-27(22)18-6-2-1-3-7-18/h1-9,16-17H,10-15H2,(H,24,28). The van der Waals surface area contributed by atoms with Crippen LogP contribution in [0.4, 0.5) is 11.4 Å². The number of anilines is 2. The van der Waals surface area contributed by atoms with Crippen LogP contribution in [-0.4, -0.2) is 42.0 Å². The number of ether oxygens (including phenoxy) is 1. The van der Waals surface area contributed by atoms with Crippen molar-refractivity contribution in [2.24, 2.45) is 0 Å². The molecule has 5 rings (SSSR count). The molecule has 2 fully saturated rings.